The summed E-state index contributed by atoms with van der Waals surface area (Å²) in [6, 6.07) is 0. The molecular formula is C10H18F2. The van der Waals surface area contributed by atoms with Gasteiger partial charge in [0.1, 0.15) is 12.3 Å². The Morgan fingerprint density at radius 2 is 1.67 bits per heavy atom. The summed E-state index contributed by atoms with van der Waals surface area (Å²) in [5, 5.41) is 0. The molecule has 0 nitrogen and oxygen atoms in total. The maximum absolute atomic E-state index is 13.4. The van der Waals surface area contributed by atoms with E-state index < -0.39 is 12.3 Å². The predicted octanol–water partition coefficient (Wildman–Crippen LogP) is 3.51. The topological polar surface area (TPSA) is 0 Å². The molecule has 1 aliphatic carbocycles. The molecule has 0 spiro atoms. The average Bonchev–Trinajstić information content (AvgIpc) is 1.92. The highest BCUT2D eigenvalue weighted by atomic mass is 19.1. The molecule has 0 amide bonds. The summed E-state index contributed by atoms with van der Waals surface area (Å²) in [6.45, 7) is 5.97. The molecule has 12 heavy (non-hydrogen) atoms. The third kappa shape index (κ3) is 2.18. The summed E-state index contributed by atoms with van der Waals surface area (Å²) in [4.78, 5) is 0. The smallest absolute Gasteiger partial charge is 0.104 e. The highest BCUT2D eigenvalue weighted by Crippen LogP contribution is 2.40. The average molecular weight is 176 g/mol. The lowest BCUT2D eigenvalue weighted by atomic mass is 9.71. The highest BCUT2D eigenvalue weighted by molar-refractivity contribution is 4.87. The lowest BCUT2D eigenvalue weighted by molar-refractivity contribution is 0.0354. The van der Waals surface area contributed by atoms with E-state index >= 15 is 0 Å². The van der Waals surface area contributed by atoms with E-state index in [0.29, 0.717) is 19.3 Å². The predicted molar refractivity (Wildman–Crippen MR) is 46.6 cm³/mol. The molecule has 0 N–H and O–H groups in total. The van der Waals surface area contributed by atoms with Crippen LogP contribution in [0.1, 0.15) is 40.0 Å². The van der Waals surface area contributed by atoms with Gasteiger partial charge in [0.15, 0.2) is 0 Å². The zero-order valence-corrected chi connectivity index (χ0v) is 8.11. The van der Waals surface area contributed by atoms with Gasteiger partial charge in [0.2, 0.25) is 0 Å². The van der Waals surface area contributed by atoms with Crippen LogP contribution in [0.25, 0.3) is 0 Å². The molecule has 1 rings (SSSR count). The molecule has 0 heterocycles. The molecule has 3 unspecified atom stereocenters. The maximum atomic E-state index is 13.4. The standard InChI is InChI=1S/C10H18F2/c1-10(2,3)8-6-7(11)4-5-9(8)12/h7-9H,4-6H2,1-3H3. The van der Waals surface area contributed by atoms with Crippen LogP contribution in [0.5, 0.6) is 0 Å². The molecule has 0 radical (unpaired) electrons. The molecule has 0 bridgehead atoms. The lowest BCUT2D eigenvalue weighted by Gasteiger charge is -2.37. The molecule has 0 aliphatic heterocycles. The third-order valence-corrected chi connectivity index (χ3v) is 2.81. The normalized spacial score (nSPS) is 38.2. The van der Waals surface area contributed by atoms with E-state index in [1.54, 1.807) is 0 Å². The fourth-order valence-electron chi connectivity index (χ4n) is 1.98. The summed E-state index contributed by atoms with van der Waals surface area (Å²) >= 11 is 0. The van der Waals surface area contributed by atoms with Crippen LogP contribution in [0.15, 0.2) is 0 Å². The van der Waals surface area contributed by atoms with E-state index in [0.717, 1.165) is 0 Å². The van der Waals surface area contributed by atoms with Crippen molar-refractivity contribution in [3.05, 3.63) is 0 Å². The van der Waals surface area contributed by atoms with Gasteiger partial charge < -0.3 is 0 Å². The van der Waals surface area contributed by atoms with Gasteiger partial charge in [-0.15, -0.1) is 0 Å². The molecule has 0 aromatic carbocycles. The van der Waals surface area contributed by atoms with Crippen LogP contribution in [0.2, 0.25) is 0 Å². The second-order valence-corrected chi connectivity index (χ2v) is 4.90. The highest BCUT2D eigenvalue weighted by Gasteiger charge is 2.37. The first-order valence-electron chi connectivity index (χ1n) is 4.69. The van der Waals surface area contributed by atoms with E-state index in [1.165, 1.54) is 0 Å². The Morgan fingerprint density at radius 3 is 2.08 bits per heavy atom. The summed E-state index contributed by atoms with van der Waals surface area (Å²) in [6.07, 6.45) is -0.347. The fourth-order valence-corrected chi connectivity index (χ4v) is 1.98. The second-order valence-electron chi connectivity index (χ2n) is 4.90. The largest absolute Gasteiger partial charge is 0.247 e. The quantitative estimate of drug-likeness (QED) is 0.530. The van der Waals surface area contributed by atoms with Gasteiger partial charge in [-0.05, 0) is 30.6 Å². The fraction of sp³-hybridized carbons (Fsp3) is 1.00. The van der Waals surface area contributed by atoms with Crippen molar-refractivity contribution in [1.82, 2.24) is 0 Å². The number of hydrogen-bond acceptors (Lipinski definition) is 0. The number of hydrogen-bond donors (Lipinski definition) is 0. The summed E-state index contributed by atoms with van der Waals surface area (Å²) in [7, 11) is 0. The van der Waals surface area contributed by atoms with E-state index in [1.807, 2.05) is 20.8 Å². The summed E-state index contributed by atoms with van der Waals surface area (Å²) in [5.41, 5.74) is -0.0931. The van der Waals surface area contributed by atoms with Crippen molar-refractivity contribution < 1.29 is 8.78 Å². The minimum absolute atomic E-state index is 0.0931. The van der Waals surface area contributed by atoms with Gasteiger partial charge in [-0.2, -0.15) is 0 Å². The number of rotatable bonds is 0. The molecule has 0 aromatic heterocycles. The third-order valence-electron chi connectivity index (χ3n) is 2.81. The van der Waals surface area contributed by atoms with Gasteiger partial charge in [-0.25, -0.2) is 8.78 Å². The van der Waals surface area contributed by atoms with Crippen LogP contribution >= 0.6 is 0 Å². The van der Waals surface area contributed by atoms with E-state index in [-0.39, 0.29) is 11.3 Å². The first-order valence-corrected chi connectivity index (χ1v) is 4.69. The van der Waals surface area contributed by atoms with Gasteiger partial charge in [-0.3, -0.25) is 0 Å². The Labute approximate surface area is 73.3 Å². The first-order chi connectivity index (χ1) is 5.41. The van der Waals surface area contributed by atoms with Gasteiger partial charge in [0.25, 0.3) is 0 Å². The first kappa shape index (κ1) is 9.94. The van der Waals surface area contributed by atoms with Crippen molar-refractivity contribution in [3.63, 3.8) is 0 Å². The van der Waals surface area contributed by atoms with Gasteiger partial charge in [-0.1, -0.05) is 20.8 Å². The molecule has 3 atom stereocenters. The number of halogens is 2. The second kappa shape index (κ2) is 3.31. The van der Waals surface area contributed by atoms with Crippen molar-refractivity contribution in [2.75, 3.05) is 0 Å². The van der Waals surface area contributed by atoms with Crippen LogP contribution in [0.3, 0.4) is 0 Å². The van der Waals surface area contributed by atoms with Gasteiger partial charge in [0, 0.05) is 0 Å². The van der Waals surface area contributed by atoms with Crippen molar-refractivity contribution in [1.29, 1.82) is 0 Å². The van der Waals surface area contributed by atoms with Crippen LogP contribution in [-0.4, -0.2) is 12.3 Å². The Bertz CT molecular complexity index is 148. The van der Waals surface area contributed by atoms with Crippen molar-refractivity contribution >= 4 is 0 Å². The van der Waals surface area contributed by atoms with Crippen molar-refractivity contribution in [2.45, 2.75) is 52.4 Å². The molecule has 72 valence electrons. The molecule has 1 fully saturated rings. The molecular weight excluding hydrogens is 158 g/mol. The Balaban J connectivity index is 2.61. The van der Waals surface area contributed by atoms with Crippen molar-refractivity contribution in [2.24, 2.45) is 11.3 Å². The molecule has 1 aliphatic rings. The molecule has 0 aromatic rings. The minimum Gasteiger partial charge on any atom is -0.247 e. The van der Waals surface area contributed by atoms with Crippen LogP contribution in [-0.2, 0) is 0 Å². The molecule has 2 heteroatoms. The Hall–Kier alpha value is -0.140. The molecule has 0 saturated heterocycles. The minimum atomic E-state index is -0.794. The maximum Gasteiger partial charge on any atom is 0.104 e. The van der Waals surface area contributed by atoms with Gasteiger partial charge in [0.05, 0.1) is 0 Å². The zero-order chi connectivity index (χ0) is 9.35. The summed E-state index contributed by atoms with van der Waals surface area (Å²) < 4.78 is 26.3. The summed E-state index contributed by atoms with van der Waals surface area (Å²) in [5.74, 6) is -0.0961. The zero-order valence-electron chi connectivity index (χ0n) is 8.11. The van der Waals surface area contributed by atoms with Crippen molar-refractivity contribution in [3.8, 4) is 0 Å². The number of alkyl halides is 2. The van der Waals surface area contributed by atoms with E-state index in [4.69, 9.17) is 0 Å². The van der Waals surface area contributed by atoms with E-state index in [2.05, 4.69) is 0 Å². The Kier molecular flexibility index (Phi) is 2.74. The SMILES string of the molecule is CC(C)(C)C1CC(F)CCC1F. The van der Waals surface area contributed by atoms with Crippen LogP contribution < -0.4 is 0 Å². The lowest BCUT2D eigenvalue weighted by Crippen LogP contribution is -2.36. The Morgan fingerprint density at radius 1 is 1.08 bits per heavy atom. The van der Waals surface area contributed by atoms with E-state index in [9.17, 15) is 8.78 Å². The molecule has 1 saturated carbocycles. The van der Waals surface area contributed by atoms with Crippen LogP contribution in [0.4, 0.5) is 8.78 Å². The van der Waals surface area contributed by atoms with Gasteiger partial charge >= 0.3 is 0 Å². The monoisotopic (exact) mass is 176 g/mol. The van der Waals surface area contributed by atoms with Crippen LogP contribution in [0, 0.1) is 11.3 Å².